The van der Waals surface area contributed by atoms with Gasteiger partial charge < -0.3 is 15.7 Å². The molecule has 3 N–H and O–H groups in total. The molecular formula is C23H24N2O2. The lowest BCUT2D eigenvalue weighted by Crippen LogP contribution is -2.49. The number of amides is 2. The monoisotopic (exact) mass is 360 g/mol. The number of aryl methyl sites for hydroxylation is 1. The van der Waals surface area contributed by atoms with Gasteiger partial charge in [-0.15, -0.1) is 0 Å². The summed E-state index contributed by atoms with van der Waals surface area (Å²) in [6, 6.07) is 22.2. The molecule has 1 aliphatic carbocycles. The van der Waals surface area contributed by atoms with Gasteiger partial charge >= 0.3 is 6.03 Å². The zero-order valence-corrected chi connectivity index (χ0v) is 15.2. The number of carbonyl (C=O) groups is 1. The molecule has 3 aromatic rings. The first-order valence-corrected chi connectivity index (χ1v) is 9.40. The number of hydrogen-bond acceptors (Lipinski definition) is 2. The molecule has 0 unspecified atom stereocenters. The predicted octanol–water partition coefficient (Wildman–Crippen LogP) is 3.56. The fourth-order valence-corrected chi connectivity index (χ4v) is 3.86. The molecule has 4 heteroatoms. The number of fused-ring (bicyclic) bond motifs is 2. The van der Waals surface area contributed by atoms with Crippen molar-refractivity contribution in [3.63, 3.8) is 0 Å². The highest BCUT2D eigenvalue weighted by atomic mass is 16.3. The smallest absolute Gasteiger partial charge is 0.315 e. The van der Waals surface area contributed by atoms with E-state index in [-0.39, 0.29) is 12.6 Å². The second-order valence-corrected chi connectivity index (χ2v) is 7.34. The molecule has 138 valence electrons. The van der Waals surface area contributed by atoms with E-state index in [2.05, 4.69) is 41.0 Å². The van der Waals surface area contributed by atoms with Gasteiger partial charge in [-0.25, -0.2) is 4.79 Å². The lowest BCUT2D eigenvalue weighted by atomic mass is 9.80. The summed E-state index contributed by atoms with van der Waals surface area (Å²) in [4.78, 5) is 12.2. The molecular weight excluding hydrogens is 336 g/mol. The number of urea groups is 1. The molecule has 4 rings (SSSR count). The first kappa shape index (κ1) is 17.6. The van der Waals surface area contributed by atoms with Crippen LogP contribution in [-0.4, -0.2) is 23.3 Å². The van der Waals surface area contributed by atoms with Gasteiger partial charge in [-0.05, 0) is 40.3 Å². The van der Waals surface area contributed by atoms with Crippen molar-refractivity contribution < 1.29 is 9.90 Å². The Bertz CT molecular complexity index is 964. The Kier molecular flexibility index (Phi) is 4.82. The zero-order chi connectivity index (χ0) is 18.7. The lowest BCUT2D eigenvalue weighted by Gasteiger charge is -2.33. The Labute approximate surface area is 159 Å². The van der Waals surface area contributed by atoms with Crippen molar-refractivity contribution in [3.8, 4) is 0 Å². The number of carbonyl (C=O) groups excluding carboxylic acids is 1. The van der Waals surface area contributed by atoms with Crippen LogP contribution in [0.1, 0.15) is 23.1 Å². The van der Waals surface area contributed by atoms with Crippen LogP contribution in [0.25, 0.3) is 10.8 Å². The van der Waals surface area contributed by atoms with E-state index in [1.807, 2.05) is 36.4 Å². The van der Waals surface area contributed by atoms with Crippen molar-refractivity contribution in [3.05, 3.63) is 83.4 Å². The SMILES string of the molecule is O=C(NCc1cccc2ccccc12)NC[C@@]1(O)CCc2ccccc2C1. The average molecular weight is 360 g/mol. The maximum absolute atomic E-state index is 12.2. The van der Waals surface area contributed by atoms with Gasteiger partial charge in [0.25, 0.3) is 0 Å². The van der Waals surface area contributed by atoms with Crippen LogP contribution in [0.2, 0.25) is 0 Å². The number of aliphatic hydroxyl groups is 1. The summed E-state index contributed by atoms with van der Waals surface area (Å²) in [5.41, 5.74) is 2.66. The summed E-state index contributed by atoms with van der Waals surface area (Å²) in [6.07, 6.45) is 2.08. The number of rotatable bonds is 4. The molecule has 0 bridgehead atoms. The molecule has 2 amide bonds. The topological polar surface area (TPSA) is 61.4 Å². The van der Waals surface area contributed by atoms with Gasteiger partial charge in [-0.3, -0.25) is 0 Å². The molecule has 3 aromatic carbocycles. The molecule has 0 aromatic heterocycles. The minimum Gasteiger partial charge on any atom is -0.388 e. The lowest BCUT2D eigenvalue weighted by molar-refractivity contribution is 0.0291. The van der Waals surface area contributed by atoms with E-state index in [0.29, 0.717) is 19.4 Å². The van der Waals surface area contributed by atoms with Gasteiger partial charge in [0, 0.05) is 19.5 Å². The summed E-state index contributed by atoms with van der Waals surface area (Å²) >= 11 is 0. The van der Waals surface area contributed by atoms with Crippen LogP contribution in [0.4, 0.5) is 4.79 Å². The molecule has 27 heavy (non-hydrogen) atoms. The van der Waals surface area contributed by atoms with Crippen LogP contribution in [0.5, 0.6) is 0 Å². The second-order valence-electron chi connectivity index (χ2n) is 7.34. The molecule has 0 saturated heterocycles. The van der Waals surface area contributed by atoms with Crippen LogP contribution < -0.4 is 10.6 Å². The van der Waals surface area contributed by atoms with Gasteiger partial charge in [-0.1, -0.05) is 66.7 Å². The van der Waals surface area contributed by atoms with E-state index in [1.165, 1.54) is 11.1 Å². The predicted molar refractivity (Wildman–Crippen MR) is 108 cm³/mol. The number of benzene rings is 3. The molecule has 1 aliphatic rings. The third-order valence-corrected chi connectivity index (χ3v) is 5.39. The van der Waals surface area contributed by atoms with Crippen molar-refractivity contribution in [2.24, 2.45) is 0 Å². The summed E-state index contributed by atoms with van der Waals surface area (Å²) < 4.78 is 0. The summed E-state index contributed by atoms with van der Waals surface area (Å²) in [7, 11) is 0. The van der Waals surface area contributed by atoms with E-state index in [0.717, 1.165) is 22.8 Å². The maximum Gasteiger partial charge on any atom is 0.315 e. The van der Waals surface area contributed by atoms with Crippen molar-refractivity contribution in [2.75, 3.05) is 6.54 Å². The van der Waals surface area contributed by atoms with Gasteiger partial charge in [0.05, 0.1) is 5.60 Å². The highest BCUT2D eigenvalue weighted by molar-refractivity contribution is 5.86. The molecule has 0 aliphatic heterocycles. The van der Waals surface area contributed by atoms with E-state index >= 15 is 0 Å². The van der Waals surface area contributed by atoms with Gasteiger partial charge in [0.15, 0.2) is 0 Å². The van der Waals surface area contributed by atoms with Gasteiger partial charge in [-0.2, -0.15) is 0 Å². The maximum atomic E-state index is 12.2. The van der Waals surface area contributed by atoms with Gasteiger partial charge in [0.1, 0.15) is 0 Å². The molecule has 1 atom stereocenters. The van der Waals surface area contributed by atoms with E-state index in [9.17, 15) is 9.90 Å². The van der Waals surface area contributed by atoms with Crippen molar-refractivity contribution >= 4 is 16.8 Å². The molecule has 0 saturated carbocycles. The molecule has 4 nitrogen and oxygen atoms in total. The van der Waals surface area contributed by atoms with E-state index in [1.54, 1.807) is 0 Å². The van der Waals surface area contributed by atoms with E-state index in [4.69, 9.17) is 0 Å². The summed E-state index contributed by atoms with van der Waals surface area (Å²) in [5.74, 6) is 0. The van der Waals surface area contributed by atoms with Crippen molar-refractivity contribution in [1.29, 1.82) is 0 Å². The Morgan fingerprint density at radius 1 is 0.926 bits per heavy atom. The largest absolute Gasteiger partial charge is 0.388 e. The van der Waals surface area contributed by atoms with E-state index < -0.39 is 5.60 Å². The number of hydrogen-bond donors (Lipinski definition) is 3. The third-order valence-electron chi connectivity index (χ3n) is 5.39. The van der Waals surface area contributed by atoms with Crippen LogP contribution in [0.3, 0.4) is 0 Å². The quantitative estimate of drug-likeness (QED) is 0.666. The summed E-state index contributed by atoms with van der Waals surface area (Å²) in [5, 5.41) is 18.9. The first-order valence-electron chi connectivity index (χ1n) is 9.40. The molecule has 0 fully saturated rings. The zero-order valence-electron chi connectivity index (χ0n) is 15.2. The Balaban J connectivity index is 1.34. The van der Waals surface area contributed by atoms with Crippen molar-refractivity contribution in [1.82, 2.24) is 10.6 Å². The Hall–Kier alpha value is -2.85. The fraction of sp³-hybridized carbons (Fsp3) is 0.261. The average Bonchev–Trinajstić information content (AvgIpc) is 2.70. The van der Waals surface area contributed by atoms with Crippen molar-refractivity contribution in [2.45, 2.75) is 31.4 Å². The molecule has 0 radical (unpaired) electrons. The van der Waals surface area contributed by atoms with Crippen LogP contribution in [-0.2, 0) is 19.4 Å². The molecule has 0 spiro atoms. The van der Waals surface area contributed by atoms with Crippen LogP contribution >= 0.6 is 0 Å². The molecule has 0 heterocycles. The number of nitrogens with one attached hydrogen (secondary N) is 2. The Morgan fingerprint density at radius 2 is 1.67 bits per heavy atom. The third kappa shape index (κ3) is 3.96. The highest BCUT2D eigenvalue weighted by Crippen LogP contribution is 2.28. The summed E-state index contributed by atoms with van der Waals surface area (Å²) in [6.45, 7) is 0.706. The first-order chi connectivity index (χ1) is 13.1. The second kappa shape index (κ2) is 7.41. The Morgan fingerprint density at radius 3 is 2.56 bits per heavy atom. The minimum atomic E-state index is -0.884. The van der Waals surface area contributed by atoms with Gasteiger partial charge in [0.2, 0.25) is 0 Å². The fourth-order valence-electron chi connectivity index (χ4n) is 3.86. The minimum absolute atomic E-state index is 0.253. The van der Waals surface area contributed by atoms with Crippen LogP contribution in [0, 0.1) is 0 Å². The standard InChI is InChI=1S/C23H24N2O2/c26-22(24-15-20-10-5-9-18-7-3-4-11-21(18)20)25-16-23(27)13-12-17-6-1-2-8-19(17)14-23/h1-11,27H,12-16H2,(H2,24,25,26)/t23-/m1/s1. The highest BCUT2D eigenvalue weighted by Gasteiger charge is 2.32. The normalized spacial score (nSPS) is 18.7. The van der Waals surface area contributed by atoms with Crippen LogP contribution in [0.15, 0.2) is 66.7 Å².